The Morgan fingerprint density at radius 3 is 1.75 bits per heavy atom. The predicted octanol–water partition coefficient (Wildman–Crippen LogP) is 4.92. The second kappa shape index (κ2) is 6.35. The fourth-order valence-electron chi connectivity index (χ4n) is 2.56. The highest BCUT2D eigenvalue weighted by Gasteiger charge is 2.23. The van der Waals surface area contributed by atoms with Crippen LogP contribution in [0.4, 0.5) is 0 Å². The second-order valence-electron chi connectivity index (χ2n) is 5.92. The predicted molar refractivity (Wildman–Crippen MR) is 84.1 cm³/mol. The van der Waals surface area contributed by atoms with Crippen LogP contribution < -0.4 is 4.18 Å². The van der Waals surface area contributed by atoms with Gasteiger partial charge in [0.1, 0.15) is 5.75 Å². The maximum absolute atomic E-state index is 11.2. The Kier molecular flexibility index (Phi) is 5.50. The zero-order valence-electron chi connectivity index (χ0n) is 12.9. The highest BCUT2D eigenvalue weighted by Crippen LogP contribution is 2.39. The molecule has 0 saturated heterocycles. The van der Waals surface area contributed by atoms with E-state index in [1.807, 2.05) is 19.9 Å². The van der Waals surface area contributed by atoms with E-state index >= 15 is 0 Å². The van der Waals surface area contributed by atoms with Crippen molar-refractivity contribution in [2.24, 2.45) is 0 Å². The van der Waals surface area contributed by atoms with Crippen molar-refractivity contribution in [3.05, 3.63) is 28.8 Å². The van der Waals surface area contributed by atoms with Crippen LogP contribution in [0.3, 0.4) is 0 Å². The topological polar surface area (TPSA) is 43.4 Å². The maximum Gasteiger partial charge on any atom is 0.401 e. The molecule has 114 valence electrons. The van der Waals surface area contributed by atoms with Gasteiger partial charge in [-0.15, -0.1) is 0 Å². The SMILES string of the molecule is CC(C)c1ccc(OS(=O)(=O)Cl)c(C(C)C)c1C(C)C. The summed E-state index contributed by atoms with van der Waals surface area (Å²) in [4.78, 5) is 0. The summed E-state index contributed by atoms with van der Waals surface area (Å²) in [7, 11) is 1.19. The Bertz CT molecular complexity index is 575. The first kappa shape index (κ1) is 17.3. The molecule has 1 rings (SSSR count). The lowest BCUT2D eigenvalue weighted by Gasteiger charge is -2.24. The van der Waals surface area contributed by atoms with E-state index in [-0.39, 0.29) is 11.8 Å². The lowest BCUT2D eigenvalue weighted by Crippen LogP contribution is -2.10. The molecule has 1 aromatic carbocycles. The van der Waals surface area contributed by atoms with E-state index in [0.717, 1.165) is 11.1 Å². The normalized spacial score (nSPS) is 12.5. The van der Waals surface area contributed by atoms with Crippen molar-refractivity contribution in [3.8, 4) is 5.75 Å². The van der Waals surface area contributed by atoms with Gasteiger partial charge < -0.3 is 4.18 Å². The molecule has 0 N–H and O–H groups in total. The molecule has 0 amide bonds. The van der Waals surface area contributed by atoms with Gasteiger partial charge >= 0.3 is 9.33 Å². The molecule has 0 fully saturated rings. The van der Waals surface area contributed by atoms with Crippen molar-refractivity contribution >= 4 is 20.0 Å². The van der Waals surface area contributed by atoms with Crippen LogP contribution >= 0.6 is 10.7 Å². The van der Waals surface area contributed by atoms with Crippen molar-refractivity contribution in [1.29, 1.82) is 0 Å². The molecule has 0 aliphatic rings. The van der Waals surface area contributed by atoms with E-state index in [4.69, 9.17) is 14.9 Å². The van der Waals surface area contributed by atoms with Crippen LogP contribution in [-0.2, 0) is 9.33 Å². The number of hydrogen-bond donors (Lipinski definition) is 0. The highest BCUT2D eigenvalue weighted by molar-refractivity contribution is 8.10. The van der Waals surface area contributed by atoms with Crippen molar-refractivity contribution in [2.45, 2.75) is 59.3 Å². The molecule has 0 aliphatic heterocycles. The van der Waals surface area contributed by atoms with Crippen LogP contribution in [0.15, 0.2) is 12.1 Å². The Balaban J connectivity index is 3.60. The molecule has 0 heterocycles. The molecule has 1 aromatic rings. The van der Waals surface area contributed by atoms with Gasteiger partial charge in [-0.05, 0) is 34.9 Å². The van der Waals surface area contributed by atoms with Crippen LogP contribution in [-0.4, -0.2) is 8.42 Å². The minimum Gasteiger partial charge on any atom is -0.371 e. The largest absolute Gasteiger partial charge is 0.401 e. The van der Waals surface area contributed by atoms with Gasteiger partial charge in [0.2, 0.25) is 0 Å². The van der Waals surface area contributed by atoms with Gasteiger partial charge in [0, 0.05) is 5.56 Å². The summed E-state index contributed by atoms with van der Waals surface area (Å²) in [6.07, 6.45) is 0. The average molecular weight is 319 g/mol. The molecule has 20 heavy (non-hydrogen) atoms. The minimum absolute atomic E-state index is 0.152. The molecular weight excluding hydrogens is 296 g/mol. The maximum atomic E-state index is 11.2. The first-order chi connectivity index (χ1) is 9.04. The molecule has 5 heteroatoms. The molecule has 0 spiro atoms. The Morgan fingerprint density at radius 2 is 1.40 bits per heavy atom. The zero-order valence-corrected chi connectivity index (χ0v) is 14.5. The zero-order chi connectivity index (χ0) is 15.7. The summed E-state index contributed by atoms with van der Waals surface area (Å²) in [5.41, 5.74) is 3.31. The van der Waals surface area contributed by atoms with E-state index in [9.17, 15) is 8.42 Å². The number of halogens is 1. The Hall–Kier alpha value is -0.740. The van der Waals surface area contributed by atoms with Gasteiger partial charge in [0.15, 0.2) is 0 Å². The number of hydrogen-bond acceptors (Lipinski definition) is 3. The lowest BCUT2D eigenvalue weighted by molar-refractivity contribution is 0.496. The summed E-state index contributed by atoms with van der Waals surface area (Å²) in [6, 6.07) is 3.64. The summed E-state index contributed by atoms with van der Waals surface area (Å²) >= 11 is 0. The van der Waals surface area contributed by atoms with Crippen LogP contribution in [0.25, 0.3) is 0 Å². The van der Waals surface area contributed by atoms with Crippen LogP contribution in [0.5, 0.6) is 5.75 Å². The van der Waals surface area contributed by atoms with Crippen LogP contribution in [0.2, 0.25) is 0 Å². The third-order valence-corrected chi connectivity index (χ3v) is 3.81. The van der Waals surface area contributed by atoms with Gasteiger partial charge in [0.25, 0.3) is 0 Å². The fourth-order valence-corrected chi connectivity index (χ4v) is 3.12. The van der Waals surface area contributed by atoms with Gasteiger partial charge in [-0.25, -0.2) is 0 Å². The van der Waals surface area contributed by atoms with Crippen LogP contribution in [0.1, 0.15) is 76.0 Å². The van der Waals surface area contributed by atoms with E-state index < -0.39 is 9.33 Å². The third-order valence-electron chi connectivity index (χ3n) is 3.25. The summed E-state index contributed by atoms with van der Waals surface area (Å²) in [6.45, 7) is 12.5. The minimum atomic E-state index is -4.04. The molecule has 0 aliphatic carbocycles. The smallest absolute Gasteiger partial charge is 0.371 e. The van der Waals surface area contributed by atoms with E-state index in [2.05, 4.69) is 27.7 Å². The van der Waals surface area contributed by atoms with E-state index in [1.54, 1.807) is 6.07 Å². The molecule has 0 saturated carbocycles. The monoisotopic (exact) mass is 318 g/mol. The van der Waals surface area contributed by atoms with E-state index in [1.165, 1.54) is 5.56 Å². The molecular formula is C15H23ClO3S. The fraction of sp³-hybridized carbons (Fsp3) is 0.600. The molecule has 0 aromatic heterocycles. The van der Waals surface area contributed by atoms with Crippen molar-refractivity contribution in [1.82, 2.24) is 0 Å². The molecule has 0 unspecified atom stereocenters. The van der Waals surface area contributed by atoms with Gasteiger partial charge in [-0.3, -0.25) is 0 Å². The first-order valence-corrected chi connectivity index (χ1v) is 9.08. The van der Waals surface area contributed by atoms with Gasteiger partial charge in [-0.1, -0.05) is 47.6 Å². The summed E-state index contributed by atoms with van der Waals surface area (Å²) in [5.74, 6) is 1.14. The quantitative estimate of drug-likeness (QED) is 0.724. The molecule has 0 radical (unpaired) electrons. The Labute approximate surface area is 126 Å². The van der Waals surface area contributed by atoms with Gasteiger partial charge in [-0.2, -0.15) is 8.42 Å². The van der Waals surface area contributed by atoms with E-state index in [0.29, 0.717) is 11.7 Å². The third kappa shape index (κ3) is 4.13. The number of benzene rings is 1. The van der Waals surface area contributed by atoms with Gasteiger partial charge in [0.05, 0.1) is 10.7 Å². The molecule has 0 atom stereocenters. The first-order valence-electron chi connectivity index (χ1n) is 6.85. The van der Waals surface area contributed by atoms with Crippen molar-refractivity contribution in [3.63, 3.8) is 0 Å². The highest BCUT2D eigenvalue weighted by atomic mass is 35.7. The number of rotatable bonds is 5. The molecule has 3 nitrogen and oxygen atoms in total. The Morgan fingerprint density at radius 1 is 0.900 bits per heavy atom. The standard InChI is InChI=1S/C15H23ClO3S/c1-9(2)12-7-8-13(19-20(16,17)18)15(11(5)6)14(12)10(3)4/h7-11H,1-6H3. The molecule has 0 bridgehead atoms. The summed E-state index contributed by atoms with van der Waals surface area (Å²) < 4.78 is 27.4. The van der Waals surface area contributed by atoms with Crippen LogP contribution in [0, 0.1) is 0 Å². The second-order valence-corrected chi connectivity index (χ2v) is 8.01. The lowest BCUT2D eigenvalue weighted by atomic mass is 9.83. The van der Waals surface area contributed by atoms with Crippen molar-refractivity contribution in [2.75, 3.05) is 0 Å². The summed E-state index contributed by atoms with van der Waals surface area (Å²) in [5, 5.41) is 0. The van der Waals surface area contributed by atoms with Crippen molar-refractivity contribution < 1.29 is 12.6 Å². The average Bonchev–Trinajstić information content (AvgIpc) is 2.24.